The van der Waals surface area contributed by atoms with Gasteiger partial charge in [-0.2, -0.15) is 0 Å². The van der Waals surface area contributed by atoms with Crippen LogP contribution in [0.25, 0.3) is 10.9 Å². The summed E-state index contributed by atoms with van der Waals surface area (Å²) < 4.78 is 0. The Morgan fingerprint density at radius 3 is 2.76 bits per heavy atom. The second kappa shape index (κ2) is 5.83. The second-order valence-electron chi connectivity index (χ2n) is 3.16. The lowest BCUT2D eigenvalue weighted by atomic mass is 10.2. The van der Waals surface area contributed by atoms with Gasteiger partial charge >= 0.3 is 0 Å². The van der Waals surface area contributed by atoms with Gasteiger partial charge in [0.25, 0.3) is 0 Å². The Bertz CT molecular complexity index is 558. The molecular formula is C13H9N3S. The highest BCUT2D eigenvalue weighted by Gasteiger charge is 1.92. The van der Waals surface area contributed by atoms with Crippen LogP contribution < -0.4 is 0 Å². The van der Waals surface area contributed by atoms with Crippen LogP contribution in [0.15, 0.2) is 53.3 Å². The average Bonchev–Trinajstić information content (AvgIpc) is 2.40. The normalized spacial score (nSPS) is 10.3. The summed E-state index contributed by atoms with van der Waals surface area (Å²) >= 11 is 1.45. The van der Waals surface area contributed by atoms with Crippen LogP contribution in [-0.4, -0.2) is 9.97 Å². The quantitative estimate of drug-likeness (QED) is 0.463. The Morgan fingerprint density at radius 2 is 2.00 bits per heavy atom. The largest absolute Gasteiger partial charge is 0.238 e. The molecule has 1 aromatic carbocycles. The highest BCUT2D eigenvalue weighted by atomic mass is 32.2. The van der Waals surface area contributed by atoms with E-state index in [9.17, 15) is 0 Å². The molecule has 1 heterocycles. The van der Waals surface area contributed by atoms with Crippen molar-refractivity contribution in [1.82, 2.24) is 9.97 Å². The number of aromatic nitrogens is 2. The predicted octanol–water partition coefficient (Wildman–Crippen LogP) is 3.79. The fourth-order valence-corrected chi connectivity index (χ4v) is 1.81. The lowest BCUT2D eigenvalue weighted by Crippen LogP contribution is -1.79. The van der Waals surface area contributed by atoms with Gasteiger partial charge in [0.1, 0.15) is 0 Å². The molecule has 0 atom stereocenters. The molecule has 17 heavy (non-hydrogen) atoms. The van der Waals surface area contributed by atoms with E-state index in [0.717, 1.165) is 5.56 Å². The van der Waals surface area contributed by atoms with Crippen molar-refractivity contribution in [3.63, 3.8) is 0 Å². The maximum atomic E-state index is 6.93. The first kappa shape index (κ1) is 11.4. The van der Waals surface area contributed by atoms with Crippen molar-refractivity contribution in [2.24, 2.45) is 0 Å². The van der Waals surface area contributed by atoms with Crippen molar-refractivity contribution >= 4 is 23.5 Å². The molecule has 0 N–H and O–H groups in total. The molecule has 3 nitrogen and oxygen atoms in total. The maximum absolute atomic E-state index is 6.93. The predicted molar refractivity (Wildman–Crippen MR) is 69.6 cm³/mol. The molecule has 0 aliphatic heterocycles. The number of thioether (sulfide) groups is 1. The van der Waals surface area contributed by atoms with E-state index < -0.39 is 0 Å². The van der Waals surface area contributed by atoms with Gasteiger partial charge in [-0.1, -0.05) is 30.0 Å². The fourth-order valence-electron chi connectivity index (χ4n) is 1.22. The first-order valence-electron chi connectivity index (χ1n) is 4.96. The summed E-state index contributed by atoms with van der Waals surface area (Å²) in [5.74, 6) is 0. The third kappa shape index (κ3) is 3.44. The van der Waals surface area contributed by atoms with Crippen LogP contribution in [0.3, 0.4) is 0 Å². The van der Waals surface area contributed by atoms with Crippen LogP contribution in [0.2, 0.25) is 0 Å². The van der Waals surface area contributed by atoms with E-state index in [0.29, 0.717) is 10.8 Å². The Hall–Kier alpha value is -2.12. The van der Waals surface area contributed by atoms with Gasteiger partial charge in [-0.3, -0.25) is 0 Å². The minimum absolute atomic E-state index is 0.646. The van der Waals surface area contributed by atoms with Crippen LogP contribution in [0.4, 0.5) is 5.69 Å². The summed E-state index contributed by atoms with van der Waals surface area (Å²) in [6.07, 6.45) is 5.36. The van der Waals surface area contributed by atoms with Crippen molar-refractivity contribution in [2.75, 3.05) is 0 Å². The van der Waals surface area contributed by atoms with E-state index in [2.05, 4.69) is 14.8 Å². The molecule has 0 amide bonds. The van der Waals surface area contributed by atoms with Gasteiger partial charge in [0.2, 0.25) is 0 Å². The Kier molecular flexibility index (Phi) is 3.90. The summed E-state index contributed by atoms with van der Waals surface area (Å²) in [5, 5.41) is 2.63. The molecule has 0 unspecified atom stereocenters. The van der Waals surface area contributed by atoms with Crippen LogP contribution in [-0.2, 0) is 0 Å². The lowest BCUT2D eigenvalue weighted by Gasteiger charge is -1.94. The number of hydrogen-bond donors (Lipinski definition) is 0. The van der Waals surface area contributed by atoms with Crippen molar-refractivity contribution in [2.45, 2.75) is 5.16 Å². The first-order valence-corrected chi connectivity index (χ1v) is 5.84. The molecule has 0 radical (unpaired) electrons. The van der Waals surface area contributed by atoms with Gasteiger partial charge in [-0.15, -0.1) is 0 Å². The smallest absolute Gasteiger partial charge is 0.191 e. The summed E-state index contributed by atoms with van der Waals surface area (Å²) in [6.45, 7) is 6.93. The van der Waals surface area contributed by atoms with Gasteiger partial charge in [-0.05, 0) is 29.2 Å². The van der Waals surface area contributed by atoms with Crippen molar-refractivity contribution < 1.29 is 0 Å². The van der Waals surface area contributed by atoms with Crippen LogP contribution in [0.5, 0.6) is 0 Å². The molecule has 1 aromatic heterocycles. The van der Waals surface area contributed by atoms with Crippen molar-refractivity contribution in [3.8, 4) is 0 Å². The first-order chi connectivity index (χ1) is 8.38. The highest BCUT2D eigenvalue weighted by Crippen LogP contribution is 2.18. The molecule has 0 bridgehead atoms. The topological polar surface area (TPSA) is 30.1 Å². The molecule has 82 valence electrons. The third-order valence-corrected chi connectivity index (χ3v) is 2.67. The van der Waals surface area contributed by atoms with E-state index in [4.69, 9.17) is 6.57 Å². The van der Waals surface area contributed by atoms with E-state index in [1.54, 1.807) is 24.5 Å². The fraction of sp³-hybridized carbons (Fsp3) is 0. The maximum Gasteiger partial charge on any atom is 0.191 e. The lowest BCUT2D eigenvalue weighted by molar-refractivity contribution is 0.971. The molecule has 0 saturated heterocycles. The minimum Gasteiger partial charge on any atom is -0.238 e. The zero-order chi connectivity index (χ0) is 11.9. The zero-order valence-corrected chi connectivity index (χ0v) is 9.76. The molecule has 0 fully saturated rings. The summed E-state index contributed by atoms with van der Waals surface area (Å²) in [5.41, 5.74) is 1.65. The van der Waals surface area contributed by atoms with Crippen molar-refractivity contribution in [3.05, 3.63) is 65.1 Å². The number of benzene rings is 1. The van der Waals surface area contributed by atoms with Gasteiger partial charge in [-0.25, -0.2) is 14.8 Å². The van der Waals surface area contributed by atoms with Gasteiger partial charge < -0.3 is 0 Å². The number of rotatable bonds is 3. The second-order valence-corrected chi connectivity index (χ2v) is 4.03. The van der Waals surface area contributed by atoms with Crippen LogP contribution in [0.1, 0.15) is 5.56 Å². The van der Waals surface area contributed by atoms with Gasteiger partial charge in [0, 0.05) is 12.4 Å². The van der Waals surface area contributed by atoms with E-state index in [1.165, 1.54) is 11.8 Å². The number of hydrogen-bond acceptors (Lipinski definition) is 3. The molecule has 2 rings (SSSR count). The van der Waals surface area contributed by atoms with Crippen LogP contribution >= 0.6 is 11.8 Å². The SMILES string of the molecule is [C-]#[N+]c1cccc(C=CSc2ncccn2)c1. The molecule has 0 aliphatic rings. The molecule has 0 saturated carbocycles. The monoisotopic (exact) mass is 239 g/mol. The zero-order valence-electron chi connectivity index (χ0n) is 8.95. The van der Waals surface area contributed by atoms with Crippen molar-refractivity contribution in [1.29, 1.82) is 0 Å². The van der Waals surface area contributed by atoms with E-state index in [1.807, 2.05) is 29.7 Å². The van der Waals surface area contributed by atoms with E-state index >= 15 is 0 Å². The van der Waals surface area contributed by atoms with E-state index in [-0.39, 0.29) is 0 Å². The average molecular weight is 239 g/mol. The van der Waals surface area contributed by atoms with Gasteiger partial charge in [0.05, 0.1) is 6.57 Å². The Labute approximate surface area is 104 Å². The summed E-state index contributed by atoms with van der Waals surface area (Å²) in [4.78, 5) is 11.6. The standard InChI is InChI=1S/C13H9N3S/c1-14-12-5-2-4-11(10-12)6-9-17-13-15-7-3-8-16-13/h2-10H. The summed E-state index contributed by atoms with van der Waals surface area (Å²) in [7, 11) is 0. The summed E-state index contributed by atoms with van der Waals surface area (Å²) in [6, 6.07) is 9.25. The highest BCUT2D eigenvalue weighted by molar-refractivity contribution is 8.02. The van der Waals surface area contributed by atoms with Crippen LogP contribution in [0, 0.1) is 6.57 Å². The number of nitrogens with zero attached hydrogens (tertiary/aromatic N) is 3. The van der Waals surface area contributed by atoms with Gasteiger partial charge in [0.15, 0.2) is 10.8 Å². The molecular weight excluding hydrogens is 230 g/mol. The molecule has 0 aliphatic carbocycles. The minimum atomic E-state index is 0.646. The molecule has 2 aromatic rings. The molecule has 0 spiro atoms. The molecule has 4 heteroatoms. The Morgan fingerprint density at radius 1 is 1.18 bits per heavy atom. The Balaban J connectivity index is 2.04. The third-order valence-electron chi connectivity index (χ3n) is 1.98.